The van der Waals surface area contributed by atoms with Gasteiger partial charge in [0.25, 0.3) is 0 Å². The number of rotatable bonds is 14. The van der Waals surface area contributed by atoms with Crippen molar-refractivity contribution >= 4 is 0 Å². The lowest BCUT2D eigenvalue weighted by Crippen LogP contribution is -2.37. The maximum Gasteiger partial charge on any atom is 0.573 e. The number of ether oxygens (including phenoxy) is 3. The Kier molecular flexibility index (Phi) is 12.0. The van der Waals surface area contributed by atoms with Crippen LogP contribution in [0.15, 0.2) is 42.5 Å². The average Bonchev–Trinajstić information content (AvgIpc) is 2.98. The molecular formula is C34H42F8O3. The van der Waals surface area contributed by atoms with Crippen molar-refractivity contribution in [2.24, 2.45) is 17.8 Å². The first-order valence-corrected chi connectivity index (χ1v) is 16.0. The lowest BCUT2D eigenvalue weighted by atomic mass is 9.76. The van der Waals surface area contributed by atoms with E-state index in [1.165, 1.54) is 12.1 Å². The topological polar surface area (TPSA) is 27.7 Å². The number of halogens is 8. The molecule has 252 valence electrons. The van der Waals surface area contributed by atoms with Gasteiger partial charge in [-0.05, 0) is 93.7 Å². The van der Waals surface area contributed by atoms with E-state index in [2.05, 4.69) is 11.7 Å². The molecule has 11 heteroatoms. The third-order valence-electron chi connectivity index (χ3n) is 9.16. The van der Waals surface area contributed by atoms with Gasteiger partial charge in [0.1, 0.15) is 5.75 Å². The van der Waals surface area contributed by atoms with Gasteiger partial charge in [-0.25, -0.2) is 4.39 Å². The van der Waals surface area contributed by atoms with Crippen molar-refractivity contribution in [1.82, 2.24) is 0 Å². The Labute approximate surface area is 259 Å². The van der Waals surface area contributed by atoms with Gasteiger partial charge in [0.05, 0.1) is 17.6 Å². The zero-order valence-electron chi connectivity index (χ0n) is 25.5. The molecular weight excluding hydrogens is 608 g/mol. The summed E-state index contributed by atoms with van der Waals surface area (Å²) in [4.78, 5) is 0. The van der Waals surface area contributed by atoms with Gasteiger partial charge < -0.3 is 14.2 Å². The van der Waals surface area contributed by atoms with E-state index in [1.807, 2.05) is 0 Å². The number of hydrogen-bond donors (Lipinski definition) is 0. The van der Waals surface area contributed by atoms with Gasteiger partial charge in [-0.1, -0.05) is 56.9 Å². The van der Waals surface area contributed by atoms with Crippen LogP contribution in [0.4, 0.5) is 35.1 Å². The van der Waals surface area contributed by atoms with E-state index in [9.17, 15) is 35.1 Å². The molecule has 0 spiro atoms. The lowest BCUT2D eigenvalue weighted by molar-refractivity contribution is -0.278. The lowest BCUT2D eigenvalue weighted by Gasteiger charge is -2.35. The molecule has 0 aromatic heterocycles. The van der Waals surface area contributed by atoms with Crippen molar-refractivity contribution in [3.05, 3.63) is 59.4 Å². The maximum absolute atomic E-state index is 14.8. The molecule has 0 heterocycles. The van der Waals surface area contributed by atoms with Crippen molar-refractivity contribution in [2.45, 2.75) is 121 Å². The number of alkyl halides is 7. The Morgan fingerprint density at radius 3 is 1.87 bits per heavy atom. The SMILES string of the molecule is CCCCCc1ccc(C(F)(F)OC2CCC(CCC3CCC(C(F)(F)Oc4ccc(OC(F)(F)F)c(F)c4)CC3)CC2)cc1. The van der Waals surface area contributed by atoms with E-state index < -0.39 is 47.9 Å². The van der Waals surface area contributed by atoms with E-state index in [4.69, 9.17) is 9.47 Å². The first kappa shape index (κ1) is 35.3. The molecule has 0 saturated heterocycles. The first-order chi connectivity index (χ1) is 21.2. The average molecular weight is 651 g/mol. The number of aryl methyl sites for hydroxylation is 1. The van der Waals surface area contributed by atoms with Gasteiger partial charge in [-0.15, -0.1) is 13.2 Å². The highest BCUT2D eigenvalue weighted by atomic mass is 19.4. The minimum absolute atomic E-state index is 0.129. The molecule has 0 radical (unpaired) electrons. The smallest absolute Gasteiger partial charge is 0.432 e. The normalized spacial score (nSPS) is 23.1. The van der Waals surface area contributed by atoms with Crippen LogP contribution in [0, 0.1) is 23.6 Å². The summed E-state index contributed by atoms with van der Waals surface area (Å²) in [5, 5.41) is 0. The van der Waals surface area contributed by atoms with Crippen molar-refractivity contribution in [3.8, 4) is 11.5 Å². The predicted molar refractivity (Wildman–Crippen MR) is 154 cm³/mol. The Balaban J connectivity index is 1.15. The molecule has 2 aromatic rings. The summed E-state index contributed by atoms with van der Waals surface area (Å²) in [6.45, 7) is 2.12. The van der Waals surface area contributed by atoms with Crippen LogP contribution in [0.3, 0.4) is 0 Å². The van der Waals surface area contributed by atoms with Crippen LogP contribution in [0.5, 0.6) is 11.5 Å². The van der Waals surface area contributed by atoms with Crippen LogP contribution >= 0.6 is 0 Å². The summed E-state index contributed by atoms with van der Waals surface area (Å²) < 4.78 is 124. The van der Waals surface area contributed by atoms with Crippen LogP contribution in [0.2, 0.25) is 0 Å². The van der Waals surface area contributed by atoms with Gasteiger partial charge in [-0.3, -0.25) is 0 Å². The number of hydrogen-bond acceptors (Lipinski definition) is 3. The number of unbranched alkanes of at least 4 members (excludes halogenated alkanes) is 2. The summed E-state index contributed by atoms with van der Waals surface area (Å²) in [6, 6.07) is 8.28. The molecule has 0 unspecified atom stereocenters. The van der Waals surface area contributed by atoms with E-state index in [-0.39, 0.29) is 24.3 Å². The van der Waals surface area contributed by atoms with Crippen LogP contribution < -0.4 is 9.47 Å². The Morgan fingerprint density at radius 2 is 1.31 bits per heavy atom. The molecule has 0 atom stereocenters. The van der Waals surface area contributed by atoms with Gasteiger partial charge in [-0.2, -0.15) is 17.6 Å². The van der Waals surface area contributed by atoms with Crippen LogP contribution in [-0.4, -0.2) is 18.6 Å². The van der Waals surface area contributed by atoms with Crippen LogP contribution in [0.25, 0.3) is 0 Å². The Hall–Kier alpha value is -2.56. The minimum atomic E-state index is -5.11. The number of benzene rings is 2. The zero-order chi connectivity index (χ0) is 32.7. The second kappa shape index (κ2) is 15.4. The quantitative estimate of drug-likeness (QED) is 0.150. The van der Waals surface area contributed by atoms with E-state index in [0.717, 1.165) is 63.0 Å². The zero-order valence-corrected chi connectivity index (χ0v) is 25.5. The summed E-state index contributed by atoms with van der Waals surface area (Å²) >= 11 is 0. The third kappa shape index (κ3) is 10.7. The fourth-order valence-corrected chi connectivity index (χ4v) is 6.51. The van der Waals surface area contributed by atoms with Gasteiger partial charge >= 0.3 is 18.6 Å². The Morgan fingerprint density at radius 1 is 0.711 bits per heavy atom. The third-order valence-corrected chi connectivity index (χ3v) is 9.16. The highest BCUT2D eigenvalue weighted by Crippen LogP contribution is 2.43. The van der Waals surface area contributed by atoms with Crippen molar-refractivity contribution in [3.63, 3.8) is 0 Å². The molecule has 3 nitrogen and oxygen atoms in total. The second-order valence-electron chi connectivity index (χ2n) is 12.5. The second-order valence-corrected chi connectivity index (χ2v) is 12.5. The van der Waals surface area contributed by atoms with Crippen molar-refractivity contribution in [1.29, 1.82) is 0 Å². The fraction of sp³-hybridized carbons (Fsp3) is 0.647. The highest BCUT2D eigenvalue weighted by molar-refractivity contribution is 5.33. The maximum atomic E-state index is 14.8. The predicted octanol–water partition coefficient (Wildman–Crippen LogP) is 11.3. The van der Waals surface area contributed by atoms with E-state index in [0.29, 0.717) is 43.7 Å². The molecule has 0 aliphatic heterocycles. The molecule has 2 aliphatic rings. The van der Waals surface area contributed by atoms with Gasteiger partial charge in [0.15, 0.2) is 11.6 Å². The van der Waals surface area contributed by atoms with Crippen molar-refractivity contribution < 1.29 is 49.3 Å². The largest absolute Gasteiger partial charge is 0.573 e. The molecule has 0 N–H and O–H groups in total. The standard InChI is InChI=1S/C34H42F8O3/c1-2-3-4-5-23-8-14-26(15-9-23)32(36,37)43-28-18-12-25(13-19-28)7-6-24-10-16-27(17-11-24)33(38,39)44-29-20-21-31(30(35)22-29)45-34(40,41)42/h8-9,14-15,20-22,24-25,27-28H,2-7,10-13,16-19H2,1H3. The van der Waals surface area contributed by atoms with E-state index >= 15 is 0 Å². The summed E-state index contributed by atoms with van der Waals surface area (Å²) in [7, 11) is 0. The van der Waals surface area contributed by atoms with Gasteiger partial charge in [0.2, 0.25) is 0 Å². The monoisotopic (exact) mass is 650 g/mol. The summed E-state index contributed by atoms with van der Waals surface area (Å²) in [5.41, 5.74) is 0.916. The fourth-order valence-electron chi connectivity index (χ4n) is 6.51. The molecule has 0 amide bonds. The summed E-state index contributed by atoms with van der Waals surface area (Å²) in [5.74, 6) is -3.63. The molecule has 2 aliphatic carbocycles. The Bertz CT molecular complexity index is 1180. The molecule has 0 bridgehead atoms. The minimum Gasteiger partial charge on any atom is -0.432 e. The first-order valence-electron chi connectivity index (χ1n) is 16.0. The highest BCUT2D eigenvalue weighted by Gasteiger charge is 2.44. The summed E-state index contributed by atoms with van der Waals surface area (Å²) in [6.07, 6.45) is -2.50. The van der Waals surface area contributed by atoms with Crippen molar-refractivity contribution in [2.75, 3.05) is 0 Å². The van der Waals surface area contributed by atoms with Gasteiger partial charge in [0, 0.05) is 6.07 Å². The van der Waals surface area contributed by atoms with Crippen LogP contribution in [0.1, 0.15) is 102 Å². The van der Waals surface area contributed by atoms with Crippen LogP contribution in [-0.2, 0) is 17.3 Å². The molecule has 4 rings (SSSR count). The molecule has 2 fully saturated rings. The molecule has 45 heavy (non-hydrogen) atoms. The molecule has 2 aromatic carbocycles. The van der Waals surface area contributed by atoms with E-state index in [1.54, 1.807) is 12.1 Å². The molecule has 2 saturated carbocycles.